The van der Waals surface area contributed by atoms with E-state index in [1.165, 1.54) is 5.56 Å². The summed E-state index contributed by atoms with van der Waals surface area (Å²) in [4.78, 5) is 4.33. The Kier molecular flexibility index (Phi) is 3.55. The van der Waals surface area contributed by atoms with Crippen molar-refractivity contribution >= 4 is 43.8 Å². The average Bonchev–Trinajstić information content (AvgIpc) is 2.44. The van der Waals surface area contributed by atoms with E-state index in [-0.39, 0.29) is 0 Å². The Hall–Kier alpha value is -2.07. The molecule has 0 unspecified atom stereocenters. The Morgan fingerprint density at radius 2 is 1.76 bits per heavy atom. The minimum atomic E-state index is 0.742. The molecule has 106 valence electrons. The van der Waals surface area contributed by atoms with Crippen molar-refractivity contribution in [2.24, 2.45) is 0 Å². The van der Waals surface area contributed by atoms with E-state index in [9.17, 15) is 0 Å². The molecule has 2 aromatic carbocycles. The van der Waals surface area contributed by atoms with Crippen molar-refractivity contribution in [2.45, 2.75) is 13.8 Å². The number of hydrogen-bond acceptors (Lipinski definition) is 3. The van der Waals surface area contributed by atoms with Gasteiger partial charge in [-0.3, -0.25) is 4.98 Å². The summed E-state index contributed by atoms with van der Waals surface area (Å²) in [5.41, 5.74) is 11.0. The zero-order valence-electron chi connectivity index (χ0n) is 11.9. The Morgan fingerprint density at radius 3 is 2.52 bits per heavy atom. The molecule has 0 spiro atoms. The SMILES string of the molecule is Cc1ccc(Nc2ccc(N)c3cnc(C)cc23)c(Br)c1. The minimum Gasteiger partial charge on any atom is -0.398 e. The highest BCUT2D eigenvalue weighted by Crippen LogP contribution is 2.33. The summed E-state index contributed by atoms with van der Waals surface area (Å²) in [6.45, 7) is 4.05. The molecule has 3 rings (SSSR count). The summed E-state index contributed by atoms with van der Waals surface area (Å²) in [7, 11) is 0. The van der Waals surface area contributed by atoms with Gasteiger partial charge in [-0.05, 0) is 65.7 Å². The number of aryl methyl sites for hydroxylation is 2. The molecule has 0 aliphatic carbocycles. The molecule has 3 aromatic rings. The first-order chi connectivity index (χ1) is 10.0. The van der Waals surface area contributed by atoms with E-state index in [4.69, 9.17) is 5.73 Å². The molecule has 0 amide bonds. The molecule has 1 heterocycles. The van der Waals surface area contributed by atoms with Crippen LogP contribution in [0.1, 0.15) is 11.3 Å². The molecule has 0 radical (unpaired) electrons. The second-order valence-electron chi connectivity index (χ2n) is 5.18. The van der Waals surface area contributed by atoms with Crippen LogP contribution in [0.25, 0.3) is 10.8 Å². The summed E-state index contributed by atoms with van der Waals surface area (Å²) in [5.74, 6) is 0. The molecule has 0 bridgehead atoms. The van der Waals surface area contributed by atoms with Crippen LogP contribution < -0.4 is 11.1 Å². The van der Waals surface area contributed by atoms with Crippen molar-refractivity contribution in [1.29, 1.82) is 0 Å². The number of benzene rings is 2. The van der Waals surface area contributed by atoms with Gasteiger partial charge in [-0.25, -0.2) is 0 Å². The normalized spacial score (nSPS) is 10.8. The van der Waals surface area contributed by atoms with Gasteiger partial charge in [0.05, 0.1) is 5.69 Å². The Balaban J connectivity index is 2.12. The third-order valence-corrected chi connectivity index (χ3v) is 4.12. The number of aromatic nitrogens is 1. The third kappa shape index (κ3) is 2.72. The van der Waals surface area contributed by atoms with Crippen molar-refractivity contribution in [1.82, 2.24) is 4.98 Å². The number of nitrogens with two attached hydrogens (primary N) is 1. The number of fused-ring (bicyclic) bond motifs is 1. The maximum atomic E-state index is 6.04. The second kappa shape index (κ2) is 5.37. The molecule has 3 nitrogen and oxygen atoms in total. The van der Waals surface area contributed by atoms with E-state index in [1.54, 1.807) is 0 Å². The molecule has 3 N–H and O–H groups in total. The van der Waals surface area contributed by atoms with Gasteiger partial charge in [-0.2, -0.15) is 0 Å². The zero-order chi connectivity index (χ0) is 15.0. The number of nitrogens with one attached hydrogen (secondary N) is 1. The van der Waals surface area contributed by atoms with Crippen molar-refractivity contribution < 1.29 is 0 Å². The number of anilines is 3. The number of pyridine rings is 1. The van der Waals surface area contributed by atoms with Crippen LogP contribution in [-0.4, -0.2) is 4.98 Å². The van der Waals surface area contributed by atoms with Crippen LogP contribution in [0.15, 0.2) is 47.1 Å². The van der Waals surface area contributed by atoms with Gasteiger partial charge in [-0.1, -0.05) is 6.07 Å². The largest absolute Gasteiger partial charge is 0.398 e. The molecule has 0 fully saturated rings. The minimum absolute atomic E-state index is 0.742. The highest BCUT2D eigenvalue weighted by Gasteiger charge is 2.07. The molecular formula is C17H16BrN3. The molecule has 1 aromatic heterocycles. The molecule has 0 atom stereocenters. The lowest BCUT2D eigenvalue weighted by Gasteiger charge is -2.13. The van der Waals surface area contributed by atoms with Crippen LogP contribution in [0.2, 0.25) is 0 Å². The first-order valence-electron chi connectivity index (χ1n) is 6.72. The average molecular weight is 342 g/mol. The predicted octanol–water partition coefficient (Wildman–Crippen LogP) is 4.94. The van der Waals surface area contributed by atoms with Gasteiger partial charge < -0.3 is 11.1 Å². The van der Waals surface area contributed by atoms with E-state index < -0.39 is 0 Å². The lowest BCUT2D eigenvalue weighted by molar-refractivity contribution is 1.22. The summed E-state index contributed by atoms with van der Waals surface area (Å²) in [5, 5.41) is 5.51. The smallest absolute Gasteiger partial charge is 0.0529 e. The van der Waals surface area contributed by atoms with Crippen molar-refractivity contribution in [3.05, 3.63) is 58.3 Å². The van der Waals surface area contributed by atoms with E-state index in [2.05, 4.69) is 57.4 Å². The molecule has 0 saturated carbocycles. The first-order valence-corrected chi connectivity index (χ1v) is 7.52. The van der Waals surface area contributed by atoms with Crippen LogP contribution in [0, 0.1) is 13.8 Å². The lowest BCUT2D eigenvalue weighted by atomic mass is 10.1. The van der Waals surface area contributed by atoms with Gasteiger partial charge in [0.1, 0.15) is 0 Å². The van der Waals surface area contributed by atoms with E-state index in [0.29, 0.717) is 0 Å². The van der Waals surface area contributed by atoms with Crippen LogP contribution in [-0.2, 0) is 0 Å². The van der Waals surface area contributed by atoms with Gasteiger partial charge in [0.15, 0.2) is 0 Å². The highest BCUT2D eigenvalue weighted by atomic mass is 79.9. The second-order valence-corrected chi connectivity index (χ2v) is 6.04. The molecule has 4 heteroatoms. The monoisotopic (exact) mass is 341 g/mol. The van der Waals surface area contributed by atoms with Crippen LogP contribution in [0.4, 0.5) is 17.1 Å². The third-order valence-electron chi connectivity index (χ3n) is 3.47. The van der Waals surface area contributed by atoms with Crippen molar-refractivity contribution in [2.75, 3.05) is 11.1 Å². The van der Waals surface area contributed by atoms with Crippen LogP contribution in [0.5, 0.6) is 0 Å². The number of nitrogens with zero attached hydrogens (tertiary/aromatic N) is 1. The number of halogens is 1. The van der Waals surface area contributed by atoms with Gasteiger partial charge in [-0.15, -0.1) is 0 Å². The fourth-order valence-electron chi connectivity index (χ4n) is 2.34. The quantitative estimate of drug-likeness (QED) is 0.649. The van der Waals surface area contributed by atoms with E-state index >= 15 is 0 Å². The summed E-state index contributed by atoms with van der Waals surface area (Å²) in [6.07, 6.45) is 1.83. The number of nitrogen functional groups attached to an aromatic ring is 1. The molecule has 21 heavy (non-hydrogen) atoms. The van der Waals surface area contributed by atoms with Crippen molar-refractivity contribution in [3.63, 3.8) is 0 Å². The van der Waals surface area contributed by atoms with Crippen LogP contribution in [0.3, 0.4) is 0 Å². The topological polar surface area (TPSA) is 50.9 Å². The summed E-state index contributed by atoms with van der Waals surface area (Å²) in [6, 6.07) is 12.2. The standard InChI is InChI=1S/C17H16BrN3/c1-10-3-5-17(14(18)7-10)21-16-6-4-15(19)13-9-20-11(2)8-12(13)16/h3-9,21H,19H2,1-2H3. The highest BCUT2D eigenvalue weighted by molar-refractivity contribution is 9.10. The Labute approximate surface area is 132 Å². The maximum Gasteiger partial charge on any atom is 0.0529 e. The molecule has 0 saturated heterocycles. The maximum absolute atomic E-state index is 6.04. The zero-order valence-corrected chi connectivity index (χ0v) is 13.5. The predicted molar refractivity (Wildman–Crippen MR) is 93.1 cm³/mol. The fraction of sp³-hybridized carbons (Fsp3) is 0.118. The van der Waals surface area contributed by atoms with Gasteiger partial charge >= 0.3 is 0 Å². The van der Waals surface area contributed by atoms with Gasteiger partial charge in [0.25, 0.3) is 0 Å². The Bertz CT molecular complexity index is 828. The molecule has 0 aliphatic rings. The van der Waals surface area contributed by atoms with Crippen molar-refractivity contribution in [3.8, 4) is 0 Å². The van der Waals surface area contributed by atoms with Gasteiger partial charge in [0.2, 0.25) is 0 Å². The van der Waals surface area contributed by atoms with E-state index in [0.717, 1.165) is 38.0 Å². The fourth-order valence-corrected chi connectivity index (χ4v) is 2.93. The molecule has 0 aliphatic heterocycles. The lowest BCUT2D eigenvalue weighted by Crippen LogP contribution is -1.96. The van der Waals surface area contributed by atoms with Gasteiger partial charge in [0, 0.05) is 38.5 Å². The van der Waals surface area contributed by atoms with E-state index in [1.807, 2.05) is 25.3 Å². The summed E-state index contributed by atoms with van der Waals surface area (Å²) >= 11 is 3.60. The number of rotatable bonds is 2. The Morgan fingerprint density at radius 1 is 1.00 bits per heavy atom. The number of hydrogen-bond donors (Lipinski definition) is 2. The van der Waals surface area contributed by atoms with Crippen LogP contribution >= 0.6 is 15.9 Å². The molecular weight excluding hydrogens is 326 g/mol. The first kappa shape index (κ1) is 13.9. The summed E-state index contributed by atoms with van der Waals surface area (Å²) < 4.78 is 1.04.